The number of fused-ring (bicyclic) bond motifs is 3. The molecule has 0 saturated heterocycles. The zero-order chi connectivity index (χ0) is 39.7. The van der Waals surface area contributed by atoms with Crippen LogP contribution in [0.5, 0.6) is 11.5 Å². The first-order valence-electron chi connectivity index (χ1n) is 18.8. The standard InChI is InChI=1S/C39H48N4O7S2.CH3.2HI.V/c1-22(2)31-21-51-36(41-31)30-18-34(27-13-14-33(49-5)23(3)35(27)40-30)50-25-16-28-29(17-25)37(45)43(4)15-9-7-6-8-10-24-19-39(24,20-32(28)44)38(46)42-52(47,48)26-11-12-26;;;;/h8,10,13-14,18,21-22,24-26,28-29H,6-7,9,11-12,15-17,19-20H2,1-5H3,(H,42,46);1H3;2*1H;/q;-1;;;+2/p-2/b10-8-;;;;/t24-,25-,28-,29-,39-;;;;/m1..../s1. The van der Waals surface area contributed by atoms with Crippen molar-refractivity contribution in [3.63, 3.8) is 0 Å². The molecular formula is C40H51I2N4O7S2V-. The van der Waals surface area contributed by atoms with Gasteiger partial charge in [0.2, 0.25) is 21.8 Å². The topological polar surface area (TPSA) is 145 Å². The fourth-order valence-electron chi connectivity index (χ4n) is 7.90. The summed E-state index contributed by atoms with van der Waals surface area (Å²) in [6, 6.07) is 5.70. The van der Waals surface area contributed by atoms with Crippen molar-refractivity contribution in [3.8, 4) is 22.2 Å². The van der Waals surface area contributed by atoms with Crippen molar-refractivity contribution in [2.45, 2.75) is 95.8 Å². The quantitative estimate of drug-likeness (QED) is 0.133. The summed E-state index contributed by atoms with van der Waals surface area (Å²) in [7, 11) is 0.249. The Morgan fingerprint density at radius 2 is 1.82 bits per heavy atom. The number of sulfonamides is 1. The van der Waals surface area contributed by atoms with Gasteiger partial charge in [-0.25, -0.2) is 18.4 Å². The van der Waals surface area contributed by atoms with Gasteiger partial charge in [-0.2, -0.15) is 0 Å². The number of hydrogen-bond acceptors (Lipinski definition) is 10. The number of thiazole rings is 1. The molecule has 3 heterocycles. The molecule has 3 aliphatic carbocycles. The summed E-state index contributed by atoms with van der Waals surface area (Å²) in [6.45, 7) is 6.73. The number of aryl methyl sites for hydroxylation is 1. The minimum atomic E-state index is -3.79. The van der Waals surface area contributed by atoms with Crippen LogP contribution < -0.4 is 14.2 Å². The van der Waals surface area contributed by atoms with Crippen LogP contribution in [0.15, 0.2) is 35.7 Å². The average molecular weight is 1070 g/mol. The van der Waals surface area contributed by atoms with E-state index in [1.807, 2.05) is 42.7 Å². The number of halogens is 2. The number of nitrogens with one attached hydrogen (secondary N) is 1. The minimum absolute atomic E-state index is 0. The Hall–Kier alpha value is -1.80. The van der Waals surface area contributed by atoms with Crippen LogP contribution in [-0.2, 0) is 33.9 Å². The van der Waals surface area contributed by atoms with E-state index in [-0.39, 0.29) is 37.4 Å². The number of aromatic nitrogens is 2. The second-order valence-electron chi connectivity index (χ2n) is 15.5. The van der Waals surface area contributed by atoms with Gasteiger partial charge in [-0.1, -0.05) is 26.0 Å². The van der Waals surface area contributed by atoms with Crippen molar-refractivity contribution >= 4 is 89.8 Å². The van der Waals surface area contributed by atoms with Gasteiger partial charge in [-0.15, -0.1) is 11.3 Å². The van der Waals surface area contributed by atoms with Gasteiger partial charge in [0, 0.05) is 48.3 Å². The van der Waals surface area contributed by atoms with E-state index < -0.39 is 44.5 Å². The number of rotatable bonds is 8. The van der Waals surface area contributed by atoms with Gasteiger partial charge in [-0.3, -0.25) is 19.1 Å². The second kappa shape index (κ2) is 19.1. The molecule has 5 atom stereocenters. The molecule has 4 aliphatic rings. The molecule has 3 aromatic rings. The summed E-state index contributed by atoms with van der Waals surface area (Å²) in [5.41, 5.74) is 2.08. The Balaban J connectivity index is 0.00000145. The Labute approximate surface area is 364 Å². The molecule has 305 valence electrons. The number of benzene rings is 1. The van der Waals surface area contributed by atoms with E-state index >= 15 is 0 Å². The number of allylic oxidation sites excluding steroid dienone is 2. The third-order valence-electron chi connectivity index (χ3n) is 11.4. The van der Waals surface area contributed by atoms with E-state index in [9.17, 15) is 22.8 Å². The van der Waals surface area contributed by atoms with Crippen molar-refractivity contribution in [2.75, 3.05) is 20.7 Å². The molecule has 1 aliphatic heterocycles. The van der Waals surface area contributed by atoms with E-state index in [0.29, 0.717) is 65.3 Å². The fourth-order valence-corrected chi connectivity index (χ4v) is 10.2. The van der Waals surface area contributed by atoms with Gasteiger partial charge in [0.15, 0.2) is 0 Å². The van der Waals surface area contributed by atoms with Crippen LogP contribution in [0, 0.1) is 37.5 Å². The monoisotopic (exact) mass is 1070 g/mol. The molecule has 1 aromatic carbocycles. The van der Waals surface area contributed by atoms with E-state index in [1.54, 1.807) is 19.1 Å². The number of ether oxygens (including phenoxy) is 2. The molecule has 3 saturated carbocycles. The van der Waals surface area contributed by atoms with Gasteiger partial charge < -0.3 is 21.8 Å². The first-order chi connectivity index (χ1) is 26.2. The number of pyridine rings is 1. The Morgan fingerprint density at radius 3 is 2.48 bits per heavy atom. The predicted molar refractivity (Wildman–Crippen MR) is 234 cm³/mol. The number of hydrogen-bond donors (Lipinski definition) is 1. The number of carbonyl (C=O) groups excluding carboxylic acids is 3. The van der Waals surface area contributed by atoms with E-state index in [2.05, 4.69) is 58.5 Å². The molecule has 16 heteroatoms. The Morgan fingerprint density at radius 1 is 1.11 bits per heavy atom. The normalized spacial score (nSPS) is 25.8. The fraction of sp³-hybridized carbons (Fsp3) is 0.550. The molecule has 3 fully saturated rings. The number of ketones is 1. The summed E-state index contributed by atoms with van der Waals surface area (Å²) < 4.78 is 40.4. The molecular weight excluding hydrogens is 1020 g/mol. The molecule has 0 spiro atoms. The second-order valence-corrected chi connectivity index (χ2v) is 30.1. The maximum absolute atomic E-state index is 14.4. The molecule has 0 radical (unpaired) electrons. The van der Waals surface area contributed by atoms with Crippen molar-refractivity contribution in [1.82, 2.24) is 19.6 Å². The first-order valence-corrected chi connectivity index (χ1v) is 30.2. The van der Waals surface area contributed by atoms with Crippen molar-refractivity contribution in [1.29, 1.82) is 0 Å². The summed E-state index contributed by atoms with van der Waals surface area (Å²) in [6.07, 6.45) is 7.95. The van der Waals surface area contributed by atoms with Crippen LogP contribution in [0.4, 0.5) is 0 Å². The molecule has 2 amide bonds. The van der Waals surface area contributed by atoms with Gasteiger partial charge >= 0.3 is 49.4 Å². The zero-order valence-corrected chi connectivity index (χ0v) is 40.1. The number of nitrogens with zero attached hydrogens (tertiary/aromatic N) is 3. The molecule has 56 heavy (non-hydrogen) atoms. The third-order valence-corrected chi connectivity index (χ3v) is 14.1. The molecule has 11 nitrogen and oxygen atoms in total. The maximum atomic E-state index is 14.4. The van der Waals surface area contributed by atoms with E-state index in [1.165, 1.54) is 11.3 Å². The summed E-state index contributed by atoms with van der Waals surface area (Å²) in [5.74, 6) is -0.909. The van der Waals surface area contributed by atoms with Crippen molar-refractivity contribution in [2.24, 2.45) is 23.2 Å². The third kappa shape index (κ3) is 9.96. The zero-order valence-electron chi connectivity index (χ0n) is 32.7. The summed E-state index contributed by atoms with van der Waals surface area (Å²) in [5, 5.41) is 3.04. The molecule has 7 rings (SSSR count). The van der Waals surface area contributed by atoms with E-state index in [4.69, 9.17) is 19.4 Å². The van der Waals surface area contributed by atoms with Gasteiger partial charge in [0.25, 0.3) is 0 Å². The van der Waals surface area contributed by atoms with Crippen LogP contribution >= 0.6 is 51.3 Å². The predicted octanol–water partition coefficient (Wildman–Crippen LogP) is 8.56. The van der Waals surface area contributed by atoms with Crippen molar-refractivity contribution < 1.29 is 41.7 Å². The number of methoxy groups -OCH3 is 1. The Bertz CT molecular complexity index is 2080. The van der Waals surface area contributed by atoms with Crippen LogP contribution in [-0.4, -0.2) is 72.9 Å². The van der Waals surface area contributed by atoms with Crippen LogP contribution in [0.2, 0.25) is 0 Å². The molecule has 0 unspecified atom stereocenters. The van der Waals surface area contributed by atoms with Gasteiger partial charge in [0.05, 0.1) is 34.9 Å². The SMILES string of the molecule is COc1ccc2c(O[C@@H]3C[C@H]4C(=O)C[C@]5(C(=O)NS(=O)(=O)C6CC6)C[C@H]5/C=C\CCCCN(C)C(=O)[C@@H]4C3)cc(-c3nc(C(C)C)cs3)nc2c1C.[CH3-].[I][V][I]. The molecule has 1 N–H and O–H groups in total. The number of carbonyl (C=O) groups is 3. The number of Topliss-reactive ketones (excluding diaryl/α,β-unsaturated/α-hetero) is 1. The average Bonchev–Trinajstić information content (AvgIpc) is 4.02. The first kappa shape index (κ1) is 45.3. The Kier molecular flexibility index (Phi) is 15.4. The van der Waals surface area contributed by atoms with Gasteiger partial charge in [0.1, 0.15) is 34.1 Å². The summed E-state index contributed by atoms with van der Waals surface area (Å²) >= 11 is 6.26. The van der Waals surface area contributed by atoms with E-state index in [0.717, 1.165) is 46.4 Å². The van der Waals surface area contributed by atoms with Crippen LogP contribution in [0.25, 0.3) is 21.6 Å². The molecule has 0 bridgehead atoms. The molecule has 2 aromatic heterocycles. The van der Waals surface area contributed by atoms with Crippen LogP contribution in [0.3, 0.4) is 0 Å². The summed E-state index contributed by atoms with van der Waals surface area (Å²) in [4.78, 5) is 53.7. The number of amides is 2. The van der Waals surface area contributed by atoms with Crippen molar-refractivity contribution in [3.05, 3.63) is 54.4 Å². The van der Waals surface area contributed by atoms with Crippen LogP contribution in [0.1, 0.15) is 88.8 Å². The van der Waals surface area contributed by atoms with Gasteiger partial charge in [-0.05, 0) is 82.3 Å².